The standard InChI is InChI=1S/C10H19NO/c1-8(9-2-3-9)4-5-10(12)6-11-7-10/h8-9,11-12H,2-7H2,1H3. The van der Waals surface area contributed by atoms with E-state index in [0.29, 0.717) is 0 Å². The van der Waals surface area contributed by atoms with Gasteiger partial charge in [0.15, 0.2) is 0 Å². The highest BCUT2D eigenvalue weighted by Gasteiger charge is 2.36. The molecule has 70 valence electrons. The van der Waals surface area contributed by atoms with E-state index in [4.69, 9.17) is 0 Å². The molecule has 0 aromatic rings. The lowest BCUT2D eigenvalue weighted by atomic mass is 9.87. The molecule has 1 saturated carbocycles. The summed E-state index contributed by atoms with van der Waals surface area (Å²) in [5.74, 6) is 1.83. The van der Waals surface area contributed by atoms with Crippen molar-refractivity contribution in [3.8, 4) is 0 Å². The lowest BCUT2D eigenvalue weighted by Crippen LogP contribution is -2.59. The Labute approximate surface area is 74.4 Å². The molecule has 12 heavy (non-hydrogen) atoms. The zero-order valence-corrected chi connectivity index (χ0v) is 7.84. The summed E-state index contributed by atoms with van der Waals surface area (Å²) in [5, 5.41) is 12.9. The maximum atomic E-state index is 9.80. The quantitative estimate of drug-likeness (QED) is 0.661. The van der Waals surface area contributed by atoms with Crippen molar-refractivity contribution >= 4 is 0 Å². The second kappa shape index (κ2) is 3.00. The van der Waals surface area contributed by atoms with Gasteiger partial charge in [-0.05, 0) is 37.5 Å². The lowest BCUT2D eigenvalue weighted by Gasteiger charge is -2.38. The molecule has 2 N–H and O–H groups in total. The number of β-amino-alcohol motifs (C(OH)–C–C–N with tert-alkyl or cyclic N) is 1. The van der Waals surface area contributed by atoms with Crippen molar-refractivity contribution in [3.05, 3.63) is 0 Å². The molecule has 2 rings (SSSR count). The summed E-state index contributed by atoms with van der Waals surface area (Å²) >= 11 is 0. The SMILES string of the molecule is CC(CCC1(O)CNC1)C1CC1. The van der Waals surface area contributed by atoms with E-state index in [1.165, 1.54) is 19.3 Å². The Hall–Kier alpha value is -0.0800. The molecule has 1 saturated heterocycles. The van der Waals surface area contributed by atoms with Gasteiger partial charge in [-0.15, -0.1) is 0 Å². The van der Waals surface area contributed by atoms with Crippen LogP contribution in [0.1, 0.15) is 32.6 Å². The van der Waals surface area contributed by atoms with Gasteiger partial charge in [0.05, 0.1) is 5.60 Å². The average molecular weight is 169 g/mol. The Bertz CT molecular complexity index is 161. The van der Waals surface area contributed by atoms with Crippen LogP contribution in [0.3, 0.4) is 0 Å². The van der Waals surface area contributed by atoms with E-state index in [1.807, 2.05) is 0 Å². The average Bonchev–Trinajstić information content (AvgIpc) is 2.78. The number of hydrogen-bond acceptors (Lipinski definition) is 2. The molecule has 0 amide bonds. The Morgan fingerprint density at radius 3 is 2.58 bits per heavy atom. The van der Waals surface area contributed by atoms with Crippen molar-refractivity contribution < 1.29 is 5.11 Å². The molecule has 1 heterocycles. The minimum Gasteiger partial charge on any atom is -0.387 e. The van der Waals surface area contributed by atoms with Crippen LogP contribution in [-0.2, 0) is 0 Å². The van der Waals surface area contributed by atoms with Crippen LogP contribution in [0.25, 0.3) is 0 Å². The third kappa shape index (κ3) is 1.80. The molecule has 2 fully saturated rings. The summed E-state index contributed by atoms with van der Waals surface area (Å²) in [5.41, 5.74) is -0.344. The van der Waals surface area contributed by atoms with Gasteiger partial charge < -0.3 is 10.4 Å². The molecule has 1 atom stereocenters. The zero-order valence-electron chi connectivity index (χ0n) is 7.84. The van der Waals surface area contributed by atoms with Crippen molar-refractivity contribution in [2.75, 3.05) is 13.1 Å². The van der Waals surface area contributed by atoms with Crippen molar-refractivity contribution in [2.24, 2.45) is 11.8 Å². The van der Waals surface area contributed by atoms with Gasteiger partial charge in [0, 0.05) is 13.1 Å². The Morgan fingerprint density at radius 2 is 2.17 bits per heavy atom. The summed E-state index contributed by atoms with van der Waals surface area (Å²) in [6.45, 7) is 3.95. The van der Waals surface area contributed by atoms with Gasteiger partial charge in [0.1, 0.15) is 0 Å². The summed E-state index contributed by atoms with van der Waals surface area (Å²) < 4.78 is 0. The monoisotopic (exact) mass is 169 g/mol. The number of rotatable bonds is 4. The minimum atomic E-state index is -0.344. The van der Waals surface area contributed by atoms with Crippen LogP contribution in [0.2, 0.25) is 0 Å². The van der Waals surface area contributed by atoms with E-state index in [-0.39, 0.29) is 5.60 Å². The molecule has 2 nitrogen and oxygen atoms in total. The Balaban J connectivity index is 1.66. The normalized spacial score (nSPS) is 29.5. The molecule has 0 bridgehead atoms. The van der Waals surface area contributed by atoms with Gasteiger partial charge in [-0.1, -0.05) is 6.92 Å². The van der Waals surface area contributed by atoms with Crippen LogP contribution in [0, 0.1) is 11.8 Å². The van der Waals surface area contributed by atoms with Crippen LogP contribution in [0.15, 0.2) is 0 Å². The van der Waals surface area contributed by atoms with E-state index < -0.39 is 0 Å². The molecule has 1 aliphatic heterocycles. The first kappa shape index (κ1) is 8.52. The largest absolute Gasteiger partial charge is 0.387 e. The van der Waals surface area contributed by atoms with E-state index >= 15 is 0 Å². The van der Waals surface area contributed by atoms with E-state index in [2.05, 4.69) is 12.2 Å². The molecular weight excluding hydrogens is 150 g/mol. The van der Waals surface area contributed by atoms with Crippen LogP contribution in [-0.4, -0.2) is 23.8 Å². The highest BCUT2D eigenvalue weighted by Crippen LogP contribution is 2.39. The second-order valence-corrected chi connectivity index (χ2v) is 4.68. The van der Waals surface area contributed by atoms with Crippen LogP contribution < -0.4 is 5.32 Å². The van der Waals surface area contributed by atoms with Crippen molar-refractivity contribution in [2.45, 2.75) is 38.2 Å². The third-order valence-electron chi connectivity index (χ3n) is 3.40. The fraction of sp³-hybridized carbons (Fsp3) is 1.00. The zero-order chi connectivity index (χ0) is 8.60. The second-order valence-electron chi connectivity index (χ2n) is 4.68. The maximum Gasteiger partial charge on any atom is 0.0895 e. The van der Waals surface area contributed by atoms with Crippen molar-refractivity contribution in [1.29, 1.82) is 0 Å². The molecule has 1 unspecified atom stereocenters. The molecular formula is C10H19NO. The summed E-state index contributed by atoms with van der Waals surface area (Å²) in [7, 11) is 0. The maximum absolute atomic E-state index is 9.80. The van der Waals surface area contributed by atoms with Gasteiger partial charge >= 0.3 is 0 Å². The Kier molecular flexibility index (Phi) is 2.13. The molecule has 2 aliphatic rings. The molecule has 1 aliphatic carbocycles. The highest BCUT2D eigenvalue weighted by atomic mass is 16.3. The summed E-state index contributed by atoms with van der Waals surface area (Å²) in [6, 6.07) is 0. The van der Waals surface area contributed by atoms with Gasteiger partial charge in [0.25, 0.3) is 0 Å². The fourth-order valence-corrected chi connectivity index (χ4v) is 1.99. The fourth-order valence-electron chi connectivity index (χ4n) is 1.99. The van der Waals surface area contributed by atoms with E-state index in [9.17, 15) is 5.11 Å². The molecule has 0 aromatic heterocycles. The first-order chi connectivity index (χ1) is 5.70. The topological polar surface area (TPSA) is 32.3 Å². The highest BCUT2D eigenvalue weighted by molar-refractivity contribution is 4.93. The minimum absolute atomic E-state index is 0.344. The van der Waals surface area contributed by atoms with Gasteiger partial charge in [-0.2, -0.15) is 0 Å². The summed E-state index contributed by atoms with van der Waals surface area (Å²) in [4.78, 5) is 0. The molecule has 2 heteroatoms. The number of aliphatic hydroxyl groups is 1. The van der Waals surface area contributed by atoms with Gasteiger partial charge in [-0.3, -0.25) is 0 Å². The van der Waals surface area contributed by atoms with Crippen LogP contribution in [0.4, 0.5) is 0 Å². The van der Waals surface area contributed by atoms with E-state index in [0.717, 1.165) is 31.3 Å². The molecule has 0 aromatic carbocycles. The van der Waals surface area contributed by atoms with E-state index in [1.54, 1.807) is 0 Å². The molecule has 0 radical (unpaired) electrons. The predicted octanol–water partition coefficient (Wildman–Crippen LogP) is 1.15. The summed E-state index contributed by atoms with van der Waals surface area (Å²) in [6.07, 6.45) is 5.07. The van der Waals surface area contributed by atoms with Crippen molar-refractivity contribution in [3.63, 3.8) is 0 Å². The molecule has 0 spiro atoms. The number of nitrogens with one attached hydrogen (secondary N) is 1. The smallest absolute Gasteiger partial charge is 0.0895 e. The van der Waals surface area contributed by atoms with Crippen LogP contribution >= 0.6 is 0 Å². The van der Waals surface area contributed by atoms with Gasteiger partial charge in [-0.25, -0.2) is 0 Å². The van der Waals surface area contributed by atoms with Crippen LogP contribution in [0.5, 0.6) is 0 Å². The first-order valence-corrected chi connectivity index (χ1v) is 5.13. The lowest BCUT2D eigenvalue weighted by molar-refractivity contribution is -0.0221. The van der Waals surface area contributed by atoms with Gasteiger partial charge in [0.2, 0.25) is 0 Å². The number of hydrogen-bond donors (Lipinski definition) is 2. The van der Waals surface area contributed by atoms with Crippen molar-refractivity contribution in [1.82, 2.24) is 5.32 Å². The first-order valence-electron chi connectivity index (χ1n) is 5.13. The Morgan fingerprint density at radius 1 is 1.50 bits per heavy atom. The third-order valence-corrected chi connectivity index (χ3v) is 3.40. The predicted molar refractivity (Wildman–Crippen MR) is 48.9 cm³/mol.